The number of anilines is 1. The molecule has 9 nitrogen and oxygen atoms in total. The zero-order chi connectivity index (χ0) is 23.4. The minimum atomic E-state index is -3.48. The van der Waals surface area contributed by atoms with Gasteiger partial charge >= 0.3 is 6.03 Å². The molecule has 0 spiro atoms. The second-order valence-electron chi connectivity index (χ2n) is 7.31. The van der Waals surface area contributed by atoms with Gasteiger partial charge in [0.1, 0.15) is 0 Å². The highest BCUT2D eigenvalue weighted by Gasteiger charge is 2.20. The highest BCUT2D eigenvalue weighted by Crippen LogP contribution is 2.28. The highest BCUT2D eigenvalue weighted by atomic mass is 35.5. The quantitative estimate of drug-likeness (QED) is 0.525. The van der Waals surface area contributed by atoms with Crippen LogP contribution in [0.5, 0.6) is 0 Å². The largest absolute Gasteiger partial charge is 0.379 e. The van der Waals surface area contributed by atoms with Crippen LogP contribution in [0.3, 0.4) is 0 Å². The van der Waals surface area contributed by atoms with Gasteiger partial charge in [0, 0.05) is 19.6 Å². The molecule has 3 aromatic rings. The topological polar surface area (TPSA) is 118 Å². The molecular weight excluding hydrogens is 488 g/mol. The number of halogens is 1. The van der Waals surface area contributed by atoms with Crippen LogP contribution in [0.15, 0.2) is 47.4 Å². The van der Waals surface area contributed by atoms with E-state index in [0.717, 1.165) is 24.4 Å². The minimum Gasteiger partial charge on any atom is -0.379 e. The summed E-state index contributed by atoms with van der Waals surface area (Å²) in [5, 5.41) is 5.16. The molecule has 0 atom stereocenters. The van der Waals surface area contributed by atoms with Crippen molar-refractivity contribution >= 4 is 60.1 Å². The van der Waals surface area contributed by atoms with Gasteiger partial charge in [-0.2, -0.15) is 0 Å². The van der Waals surface area contributed by atoms with Crippen LogP contribution in [0.2, 0.25) is 5.02 Å². The molecule has 3 amide bonds. The van der Waals surface area contributed by atoms with E-state index in [1.165, 1.54) is 12.1 Å². The molecule has 12 heteroatoms. The summed E-state index contributed by atoms with van der Waals surface area (Å²) in [5.41, 5.74) is 0.713. The van der Waals surface area contributed by atoms with Crippen molar-refractivity contribution in [2.75, 3.05) is 43.9 Å². The Balaban J connectivity index is 1.41. The number of rotatable bonds is 6. The van der Waals surface area contributed by atoms with Gasteiger partial charge in [-0.15, -0.1) is 0 Å². The second kappa shape index (κ2) is 10.1. The molecule has 0 bridgehead atoms. The highest BCUT2D eigenvalue weighted by molar-refractivity contribution is 7.91. The maximum Gasteiger partial charge on any atom is 0.327 e. The molecule has 0 saturated carbocycles. The van der Waals surface area contributed by atoms with E-state index in [9.17, 15) is 18.0 Å². The van der Waals surface area contributed by atoms with E-state index >= 15 is 0 Å². The third kappa shape index (κ3) is 5.87. The maximum absolute atomic E-state index is 12.8. The number of sulfone groups is 1. The third-order valence-corrected chi connectivity index (χ3v) is 8.02. The summed E-state index contributed by atoms with van der Waals surface area (Å²) in [7, 11) is -3.48. The van der Waals surface area contributed by atoms with Crippen molar-refractivity contribution in [3.05, 3.63) is 53.1 Å². The molecule has 1 fully saturated rings. The molecule has 174 valence electrons. The van der Waals surface area contributed by atoms with E-state index in [1.54, 1.807) is 30.3 Å². The molecule has 1 aliphatic rings. The number of thiazole rings is 1. The number of urea groups is 1. The zero-order valence-electron chi connectivity index (χ0n) is 17.4. The second-order valence-corrected chi connectivity index (χ2v) is 10.9. The van der Waals surface area contributed by atoms with Gasteiger partial charge in [-0.05, 0) is 30.3 Å². The van der Waals surface area contributed by atoms with Crippen molar-refractivity contribution in [3.8, 4) is 0 Å². The van der Waals surface area contributed by atoms with Crippen LogP contribution in [0, 0.1) is 0 Å². The number of morpholine rings is 1. The number of imide groups is 1. The molecule has 2 aromatic carbocycles. The molecule has 2 heterocycles. The van der Waals surface area contributed by atoms with Gasteiger partial charge in [0.05, 0.1) is 44.7 Å². The first-order valence-electron chi connectivity index (χ1n) is 10.1. The van der Waals surface area contributed by atoms with Crippen molar-refractivity contribution in [1.82, 2.24) is 15.2 Å². The summed E-state index contributed by atoms with van der Waals surface area (Å²) in [4.78, 5) is 31.0. The summed E-state index contributed by atoms with van der Waals surface area (Å²) in [5.74, 6) is -0.637. The Morgan fingerprint density at radius 1 is 1.15 bits per heavy atom. The SMILES string of the molecule is O=C(NC(=O)c1ccccc1Cl)Nc1nc2ccc(S(=O)(=O)CCN3CCOCC3)cc2s1. The van der Waals surface area contributed by atoms with Crippen molar-refractivity contribution in [2.45, 2.75) is 4.90 Å². The number of hydrogen-bond donors (Lipinski definition) is 2. The van der Waals surface area contributed by atoms with E-state index in [0.29, 0.717) is 30.0 Å². The van der Waals surface area contributed by atoms with Gasteiger partial charge in [-0.25, -0.2) is 18.2 Å². The maximum atomic E-state index is 12.8. The lowest BCUT2D eigenvalue weighted by molar-refractivity contribution is 0.0408. The van der Waals surface area contributed by atoms with Crippen molar-refractivity contribution in [1.29, 1.82) is 0 Å². The molecule has 33 heavy (non-hydrogen) atoms. The lowest BCUT2D eigenvalue weighted by Crippen LogP contribution is -2.39. The number of aromatic nitrogens is 1. The average Bonchev–Trinajstić information content (AvgIpc) is 3.20. The molecule has 1 aromatic heterocycles. The molecule has 1 aliphatic heterocycles. The molecule has 0 unspecified atom stereocenters. The van der Waals surface area contributed by atoms with Crippen LogP contribution in [0.25, 0.3) is 10.2 Å². The van der Waals surface area contributed by atoms with Gasteiger partial charge in [0.25, 0.3) is 5.91 Å². The van der Waals surface area contributed by atoms with E-state index in [1.807, 2.05) is 0 Å². The monoisotopic (exact) mass is 508 g/mol. The fourth-order valence-corrected chi connectivity index (χ4v) is 5.79. The molecular formula is C21H21ClN4O5S2. The van der Waals surface area contributed by atoms with Gasteiger partial charge < -0.3 is 4.74 Å². The van der Waals surface area contributed by atoms with Crippen molar-refractivity contribution in [2.24, 2.45) is 0 Å². The standard InChI is InChI=1S/C21H21ClN4O5S2/c22-16-4-2-1-3-15(16)19(27)24-20(28)25-21-23-17-6-5-14(13-18(17)32-21)33(29,30)12-9-26-7-10-31-11-8-26/h1-6,13H,7-12H2,(H2,23,24,25,27,28). The third-order valence-electron chi connectivity index (χ3n) is 5.06. The van der Waals surface area contributed by atoms with Gasteiger partial charge in [-0.3, -0.25) is 20.3 Å². The lowest BCUT2D eigenvalue weighted by atomic mass is 10.2. The van der Waals surface area contributed by atoms with Crippen molar-refractivity contribution in [3.63, 3.8) is 0 Å². The van der Waals surface area contributed by atoms with Gasteiger partial charge in [0.2, 0.25) is 0 Å². The summed E-state index contributed by atoms with van der Waals surface area (Å²) >= 11 is 7.09. The van der Waals surface area contributed by atoms with Crippen LogP contribution in [-0.4, -0.2) is 68.8 Å². The number of fused-ring (bicyclic) bond motifs is 1. The minimum absolute atomic E-state index is 0.00891. The van der Waals surface area contributed by atoms with Crippen LogP contribution in [0.1, 0.15) is 10.4 Å². The van der Waals surface area contributed by atoms with Crippen LogP contribution < -0.4 is 10.6 Å². The zero-order valence-corrected chi connectivity index (χ0v) is 19.8. The summed E-state index contributed by atoms with van der Waals surface area (Å²) in [6.45, 7) is 3.11. The molecule has 0 radical (unpaired) electrons. The fourth-order valence-electron chi connectivity index (χ4n) is 3.29. The van der Waals surface area contributed by atoms with E-state index in [2.05, 4.69) is 20.5 Å². The van der Waals surface area contributed by atoms with E-state index in [4.69, 9.17) is 16.3 Å². The Labute approximate surface area is 199 Å². The van der Waals surface area contributed by atoms with Crippen LogP contribution >= 0.6 is 22.9 Å². The van der Waals surface area contributed by atoms with E-state index < -0.39 is 21.8 Å². The number of benzene rings is 2. The molecule has 0 aliphatic carbocycles. The normalized spacial score (nSPS) is 14.8. The summed E-state index contributed by atoms with van der Waals surface area (Å²) in [6, 6.07) is 10.3. The Morgan fingerprint density at radius 2 is 1.91 bits per heavy atom. The Kier molecular flexibility index (Phi) is 7.25. The number of ether oxygens (including phenoxy) is 1. The first-order valence-corrected chi connectivity index (χ1v) is 13.0. The summed E-state index contributed by atoms with van der Waals surface area (Å²) in [6.07, 6.45) is 0. The summed E-state index contributed by atoms with van der Waals surface area (Å²) < 4.78 is 31.5. The fraction of sp³-hybridized carbons (Fsp3) is 0.286. The smallest absolute Gasteiger partial charge is 0.327 e. The molecule has 2 N–H and O–H groups in total. The number of carbonyl (C=O) groups is 2. The average molecular weight is 509 g/mol. The van der Waals surface area contributed by atoms with E-state index in [-0.39, 0.29) is 26.4 Å². The molecule has 4 rings (SSSR count). The predicted molar refractivity (Wildman–Crippen MR) is 127 cm³/mol. The predicted octanol–water partition coefficient (Wildman–Crippen LogP) is 3.02. The number of carbonyl (C=O) groups excluding carboxylic acids is 2. The van der Waals surface area contributed by atoms with Crippen LogP contribution in [-0.2, 0) is 14.6 Å². The Morgan fingerprint density at radius 3 is 2.67 bits per heavy atom. The number of nitrogens with zero attached hydrogens (tertiary/aromatic N) is 2. The first-order chi connectivity index (χ1) is 15.8. The molecule has 1 saturated heterocycles. The van der Waals surface area contributed by atoms with Crippen LogP contribution in [0.4, 0.5) is 9.93 Å². The Bertz CT molecular complexity index is 1290. The van der Waals surface area contributed by atoms with Crippen molar-refractivity contribution < 1.29 is 22.7 Å². The number of nitrogens with one attached hydrogen (secondary N) is 2. The Hall–Kier alpha value is -2.57. The van der Waals surface area contributed by atoms with Gasteiger partial charge in [-0.1, -0.05) is 35.1 Å². The number of amides is 3. The van der Waals surface area contributed by atoms with Gasteiger partial charge in [0.15, 0.2) is 15.0 Å². The lowest BCUT2D eigenvalue weighted by Gasteiger charge is -2.26. The number of hydrogen-bond acceptors (Lipinski definition) is 8. The first kappa shape index (κ1) is 23.6.